The highest BCUT2D eigenvalue weighted by atomic mass is 35.5. The minimum absolute atomic E-state index is 0.128. The Balaban J connectivity index is 1.73. The third-order valence-electron chi connectivity index (χ3n) is 4.04. The molecule has 7 heteroatoms. The minimum atomic E-state index is -0.595. The number of carbonyl (C=O) groups is 2. The number of amides is 1. The fourth-order valence-electron chi connectivity index (χ4n) is 2.62. The quantitative estimate of drug-likeness (QED) is 0.331. The molecule has 3 rings (SSSR count). The summed E-state index contributed by atoms with van der Waals surface area (Å²) in [7, 11) is 0. The molecule has 0 atom stereocenters. The number of ether oxygens (including phenoxy) is 1. The van der Waals surface area contributed by atoms with Gasteiger partial charge in [-0.15, -0.1) is 0 Å². The number of hydrogen-bond donors (Lipinski definition) is 1. The van der Waals surface area contributed by atoms with Gasteiger partial charge in [0, 0.05) is 22.3 Å². The van der Waals surface area contributed by atoms with Gasteiger partial charge in [-0.3, -0.25) is 4.79 Å². The van der Waals surface area contributed by atoms with Crippen molar-refractivity contribution in [1.82, 2.24) is 0 Å². The SMILES string of the molecule is CCOC(=O)c1ccc(NC(=O)/C(C#N)=C/c2ccc(-c3cccc(Cl)c3)o2)cc1. The highest BCUT2D eigenvalue weighted by Gasteiger charge is 2.13. The average molecular weight is 421 g/mol. The molecular formula is C23H17ClN2O4. The van der Waals surface area contributed by atoms with Crippen LogP contribution < -0.4 is 5.32 Å². The van der Waals surface area contributed by atoms with Gasteiger partial charge in [0.25, 0.3) is 5.91 Å². The van der Waals surface area contributed by atoms with Crippen molar-refractivity contribution in [2.75, 3.05) is 11.9 Å². The number of nitrogens with zero attached hydrogens (tertiary/aromatic N) is 1. The Morgan fingerprint density at radius 3 is 2.60 bits per heavy atom. The summed E-state index contributed by atoms with van der Waals surface area (Å²) in [6.45, 7) is 2.00. The largest absolute Gasteiger partial charge is 0.462 e. The average Bonchev–Trinajstić information content (AvgIpc) is 3.21. The second-order valence-electron chi connectivity index (χ2n) is 6.13. The van der Waals surface area contributed by atoms with Crippen LogP contribution in [0.25, 0.3) is 17.4 Å². The summed E-state index contributed by atoms with van der Waals surface area (Å²) >= 11 is 5.99. The van der Waals surface area contributed by atoms with E-state index in [-0.39, 0.29) is 12.2 Å². The van der Waals surface area contributed by atoms with Crippen molar-refractivity contribution in [2.45, 2.75) is 6.92 Å². The summed E-state index contributed by atoms with van der Waals surface area (Å²) in [5.41, 5.74) is 1.46. The Morgan fingerprint density at radius 2 is 1.93 bits per heavy atom. The molecule has 0 radical (unpaired) electrons. The topological polar surface area (TPSA) is 92.3 Å². The molecule has 1 heterocycles. The van der Waals surface area contributed by atoms with Crippen molar-refractivity contribution in [3.8, 4) is 17.4 Å². The number of carbonyl (C=O) groups excluding carboxylic acids is 2. The minimum Gasteiger partial charge on any atom is -0.462 e. The monoisotopic (exact) mass is 420 g/mol. The molecule has 2 aromatic carbocycles. The van der Waals surface area contributed by atoms with Crippen molar-refractivity contribution < 1.29 is 18.7 Å². The summed E-state index contributed by atoms with van der Waals surface area (Å²) < 4.78 is 10.6. The molecule has 0 aliphatic rings. The first-order chi connectivity index (χ1) is 14.5. The molecule has 150 valence electrons. The lowest BCUT2D eigenvalue weighted by Crippen LogP contribution is -2.13. The van der Waals surface area contributed by atoms with Crippen LogP contribution in [0.15, 0.2) is 70.7 Å². The van der Waals surface area contributed by atoms with Gasteiger partial charge < -0.3 is 14.5 Å². The van der Waals surface area contributed by atoms with Crippen LogP contribution in [0, 0.1) is 11.3 Å². The van der Waals surface area contributed by atoms with Gasteiger partial charge in [-0.25, -0.2) is 4.79 Å². The van der Waals surface area contributed by atoms with Gasteiger partial charge in [0.15, 0.2) is 0 Å². The molecule has 0 saturated heterocycles. The van der Waals surface area contributed by atoms with Crippen molar-refractivity contribution in [1.29, 1.82) is 5.26 Å². The van der Waals surface area contributed by atoms with Gasteiger partial charge in [-0.2, -0.15) is 5.26 Å². The number of anilines is 1. The van der Waals surface area contributed by atoms with E-state index in [0.29, 0.717) is 27.8 Å². The third-order valence-corrected chi connectivity index (χ3v) is 4.28. The van der Waals surface area contributed by atoms with Crippen molar-refractivity contribution in [3.63, 3.8) is 0 Å². The summed E-state index contributed by atoms with van der Waals surface area (Å²) in [5, 5.41) is 12.6. The van der Waals surface area contributed by atoms with Crippen molar-refractivity contribution in [3.05, 3.63) is 82.6 Å². The predicted octanol–water partition coefficient (Wildman–Crippen LogP) is 5.32. The maximum Gasteiger partial charge on any atom is 0.338 e. The number of esters is 1. The van der Waals surface area contributed by atoms with Crippen LogP contribution in [-0.4, -0.2) is 18.5 Å². The van der Waals surface area contributed by atoms with Gasteiger partial charge in [0.05, 0.1) is 12.2 Å². The van der Waals surface area contributed by atoms with E-state index in [0.717, 1.165) is 5.56 Å². The van der Waals surface area contributed by atoms with E-state index in [1.807, 2.05) is 12.1 Å². The summed E-state index contributed by atoms with van der Waals surface area (Å²) in [5.74, 6) is -0.117. The molecule has 0 fully saturated rings. The van der Waals surface area contributed by atoms with Crippen LogP contribution in [-0.2, 0) is 9.53 Å². The predicted molar refractivity (Wildman–Crippen MR) is 114 cm³/mol. The van der Waals surface area contributed by atoms with Gasteiger partial charge in [0.2, 0.25) is 0 Å². The zero-order valence-corrected chi connectivity index (χ0v) is 16.8. The first-order valence-corrected chi connectivity index (χ1v) is 9.44. The first-order valence-electron chi connectivity index (χ1n) is 9.06. The van der Waals surface area contributed by atoms with Gasteiger partial charge >= 0.3 is 5.97 Å². The molecule has 30 heavy (non-hydrogen) atoms. The Bertz CT molecular complexity index is 1140. The highest BCUT2D eigenvalue weighted by Crippen LogP contribution is 2.26. The molecule has 1 aromatic heterocycles. The van der Waals surface area contributed by atoms with E-state index < -0.39 is 11.9 Å². The molecule has 0 aliphatic carbocycles. The molecular weight excluding hydrogens is 404 g/mol. The lowest BCUT2D eigenvalue weighted by molar-refractivity contribution is -0.112. The van der Waals surface area contributed by atoms with E-state index in [2.05, 4.69) is 5.32 Å². The Kier molecular flexibility index (Phi) is 6.68. The summed E-state index contributed by atoms with van der Waals surface area (Å²) in [6.07, 6.45) is 1.36. The molecule has 3 aromatic rings. The zero-order chi connectivity index (χ0) is 21.5. The van der Waals surface area contributed by atoms with Crippen LogP contribution in [0.3, 0.4) is 0 Å². The number of rotatable bonds is 6. The second-order valence-corrected chi connectivity index (χ2v) is 6.57. The molecule has 0 aliphatic heterocycles. The molecule has 0 bridgehead atoms. The Labute approximate surface area is 178 Å². The smallest absolute Gasteiger partial charge is 0.338 e. The van der Waals surface area contributed by atoms with Crippen LogP contribution in [0.5, 0.6) is 0 Å². The van der Waals surface area contributed by atoms with Gasteiger partial charge in [-0.05, 0) is 55.5 Å². The van der Waals surface area contributed by atoms with E-state index >= 15 is 0 Å². The molecule has 1 N–H and O–H groups in total. The standard InChI is InChI=1S/C23H17ClN2O4/c1-2-29-23(28)15-6-8-19(9-7-15)26-22(27)17(14-25)13-20-10-11-21(30-20)16-4-3-5-18(24)12-16/h3-13H,2H2,1H3,(H,26,27)/b17-13+. The second kappa shape index (κ2) is 9.59. The van der Waals surface area contributed by atoms with Crippen molar-refractivity contribution in [2.24, 2.45) is 0 Å². The maximum atomic E-state index is 12.4. The number of nitriles is 1. The van der Waals surface area contributed by atoms with Crippen LogP contribution in [0.1, 0.15) is 23.0 Å². The molecule has 6 nitrogen and oxygen atoms in total. The molecule has 1 amide bonds. The highest BCUT2D eigenvalue weighted by molar-refractivity contribution is 6.30. The summed E-state index contributed by atoms with van der Waals surface area (Å²) in [4.78, 5) is 24.1. The number of benzene rings is 2. The van der Waals surface area contributed by atoms with Crippen LogP contribution in [0.4, 0.5) is 5.69 Å². The van der Waals surface area contributed by atoms with E-state index in [4.69, 9.17) is 20.8 Å². The normalized spacial score (nSPS) is 10.9. The third kappa shape index (κ3) is 5.16. The van der Waals surface area contributed by atoms with E-state index in [1.165, 1.54) is 18.2 Å². The molecule has 0 saturated carbocycles. The van der Waals surface area contributed by atoms with Crippen LogP contribution in [0.2, 0.25) is 5.02 Å². The Morgan fingerprint density at radius 1 is 1.17 bits per heavy atom. The van der Waals surface area contributed by atoms with Gasteiger partial charge in [-0.1, -0.05) is 23.7 Å². The number of hydrogen-bond acceptors (Lipinski definition) is 5. The maximum absolute atomic E-state index is 12.4. The van der Waals surface area contributed by atoms with Crippen molar-refractivity contribution >= 4 is 35.2 Å². The fraction of sp³-hybridized carbons (Fsp3) is 0.0870. The molecule has 0 unspecified atom stereocenters. The lowest BCUT2D eigenvalue weighted by atomic mass is 10.2. The van der Waals surface area contributed by atoms with E-state index in [1.54, 1.807) is 49.4 Å². The number of furan rings is 1. The number of nitrogens with one attached hydrogen (secondary N) is 1. The fourth-order valence-corrected chi connectivity index (χ4v) is 2.81. The van der Waals surface area contributed by atoms with Crippen LogP contribution >= 0.6 is 11.6 Å². The number of halogens is 1. The first kappa shape index (κ1) is 20.9. The summed E-state index contributed by atoms with van der Waals surface area (Å²) in [6, 6.07) is 18.6. The molecule has 0 spiro atoms. The Hall–Kier alpha value is -3.82. The lowest BCUT2D eigenvalue weighted by Gasteiger charge is -2.06. The van der Waals surface area contributed by atoms with Gasteiger partial charge in [0.1, 0.15) is 23.2 Å². The van der Waals surface area contributed by atoms with E-state index in [9.17, 15) is 14.9 Å². The zero-order valence-electron chi connectivity index (χ0n) is 16.0.